The minimum absolute atomic E-state index is 0.00347. The molecule has 150 valence electrons. The van der Waals surface area contributed by atoms with Gasteiger partial charge in [-0.1, -0.05) is 27.5 Å². The lowest BCUT2D eigenvalue weighted by Crippen LogP contribution is -2.34. The molecule has 5 nitrogen and oxygen atoms in total. The van der Waals surface area contributed by atoms with Crippen molar-refractivity contribution in [2.75, 3.05) is 13.2 Å². The average molecular weight is 480 g/mol. The van der Waals surface area contributed by atoms with E-state index in [1.165, 1.54) is 18.2 Å². The van der Waals surface area contributed by atoms with E-state index in [4.69, 9.17) is 20.8 Å². The first-order valence-corrected chi connectivity index (χ1v) is 10.3. The molecule has 1 aliphatic heterocycles. The van der Waals surface area contributed by atoms with Crippen LogP contribution in [-0.4, -0.2) is 25.2 Å². The molecule has 1 unspecified atom stereocenters. The molecule has 1 N–H and O–H groups in total. The summed E-state index contributed by atoms with van der Waals surface area (Å²) < 4.78 is 26.4. The van der Waals surface area contributed by atoms with Crippen molar-refractivity contribution in [3.05, 3.63) is 68.9 Å². The van der Waals surface area contributed by atoms with Crippen LogP contribution in [0.3, 0.4) is 0 Å². The molecule has 0 spiro atoms. The number of nitrogens with one attached hydrogen (secondary N) is 1. The highest BCUT2D eigenvalue weighted by Gasteiger charge is 2.19. The molecule has 3 aromatic rings. The minimum Gasteiger partial charge on any atom is -0.438 e. The minimum atomic E-state index is -0.564. The number of ether oxygens (including phenoxy) is 1. The maximum absolute atomic E-state index is 14.2. The van der Waals surface area contributed by atoms with E-state index < -0.39 is 5.82 Å². The monoisotopic (exact) mass is 478 g/mol. The quantitative estimate of drug-likeness (QED) is 0.564. The van der Waals surface area contributed by atoms with Gasteiger partial charge in [0.2, 0.25) is 5.55 Å². The van der Waals surface area contributed by atoms with E-state index in [0.717, 1.165) is 17.3 Å². The Morgan fingerprint density at radius 2 is 2.14 bits per heavy atom. The molecule has 1 amide bonds. The molecule has 0 radical (unpaired) electrons. The van der Waals surface area contributed by atoms with E-state index in [9.17, 15) is 9.18 Å². The van der Waals surface area contributed by atoms with Crippen molar-refractivity contribution < 1.29 is 18.3 Å². The molecule has 0 saturated carbocycles. The summed E-state index contributed by atoms with van der Waals surface area (Å²) in [6, 6.07) is 11.1. The summed E-state index contributed by atoms with van der Waals surface area (Å²) in [6.45, 7) is 1.09. The fourth-order valence-electron chi connectivity index (χ4n) is 3.14. The van der Waals surface area contributed by atoms with Crippen LogP contribution in [0.25, 0.3) is 11.0 Å². The lowest BCUT2D eigenvalue weighted by molar-refractivity contribution is 0.0854. The molecule has 0 bridgehead atoms. The van der Waals surface area contributed by atoms with Gasteiger partial charge in [0.25, 0.3) is 5.91 Å². The molecular formula is C21H17BrClFN2O3. The molecule has 0 aliphatic carbocycles. The number of fused-ring (bicyclic) bond motifs is 1. The van der Waals surface area contributed by atoms with Crippen molar-refractivity contribution in [2.45, 2.75) is 18.9 Å². The SMILES string of the molecule is O=C(NCC1CCCO1)c1cc2cc(Br)ccc2oc1=Nc1cc(Cl)ccc1F. The lowest BCUT2D eigenvalue weighted by Gasteiger charge is -2.11. The third kappa shape index (κ3) is 4.69. The van der Waals surface area contributed by atoms with E-state index in [2.05, 4.69) is 26.2 Å². The van der Waals surface area contributed by atoms with E-state index in [0.29, 0.717) is 29.1 Å². The zero-order valence-electron chi connectivity index (χ0n) is 15.3. The first kappa shape index (κ1) is 20.1. The highest BCUT2D eigenvalue weighted by molar-refractivity contribution is 9.10. The Labute approximate surface area is 179 Å². The second-order valence-electron chi connectivity index (χ2n) is 6.70. The van der Waals surface area contributed by atoms with Gasteiger partial charge < -0.3 is 14.5 Å². The summed E-state index contributed by atoms with van der Waals surface area (Å²) in [5.74, 6) is -0.932. The average Bonchev–Trinajstić information content (AvgIpc) is 3.22. The Morgan fingerprint density at radius 3 is 2.93 bits per heavy atom. The van der Waals surface area contributed by atoms with Crippen molar-refractivity contribution in [1.82, 2.24) is 5.32 Å². The maximum atomic E-state index is 14.2. The van der Waals surface area contributed by atoms with Gasteiger partial charge in [0.05, 0.1) is 6.10 Å². The maximum Gasteiger partial charge on any atom is 0.256 e. The van der Waals surface area contributed by atoms with Crippen LogP contribution in [0.1, 0.15) is 23.2 Å². The van der Waals surface area contributed by atoms with Crippen LogP contribution in [0.15, 0.2) is 56.3 Å². The molecule has 1 aliphatic rings. The molecule has 2 aromatic carbocycles. The summed E-state index contributed by atoms with van der Waals surface area (Å²) in [5, 5.41) is 3.90. The van der Waals surface area contributed by atoms with Gasteiger partial charge >= 0.3 is 0 Å². The van der Waals surface area contributed by atoms with Crippen molar-refractivity contribution in [1.29, 1.82) is 0 Å². The summed E-state index contributed by atoms with van der Waals surface area (Å²) in [7, 11) is 0. The van der Waals surface area contributed by atoms with E-state index in [-0.39, 0.29) is 28.8 Å². The Morgan fingerprint density at radius 1 is 1.28 bits per heavy atom. The van der Waals surface area contributed by atoms with Gasteiger partial charge in [0.1, 0.15) is 22.7 Å². The fourth-order valence-corrected chi connectivity index (χ4v) is 3.68. The summed E-state index contributed by atoms with van der Waals surface area (Å²) >= 11 is 9.38. The number of benzene rings is 2. The molecular weight excluding hydrogens is 463 g/mol. The smallest absolute Gasteiger partial charge is 0.256 e. The molecule has 1 saturated heterocycles. The van der Waals surface area contributed by atoms with E-state index in [1.807, 2.05) is 12.1 Å². The Hall–Kier alpha value is -2.22. The molecule has 4 rings (SSSR count). The third-order valence-corrected chi connectivity index (χ3v) is 5.33. The van der Waals surface area contributed by atoms with E-state index in [1.54, 1.807) is 12.1 Å². The van der Waals surface area contributed by atoms with Gasteiger partial charge in [-0.05, 0) is 55.3 Å². The molecule has 1 fully saturated rings. The Bertz CT molecular complexity index is 1140. The summed E-state index contributed by atoms with van der Waals surface area (Å²) in [6.07, 6.45) is 1.88. The zero-order chi connectivity index (χ0) is 20.4. The van der Waals surface area contributed by atoms with Gasteiger partial charge in [0.15, 0.2) is 0 Å². The highest BCUT2D eigenvalue weighted by atomic mass is 79.9. The molecule has 29 heavy (non-hydrogen) atoms. The number of carbonyl (C=O) groups excluding carboxylic acids is 1. The topological polar surface area (TPSA) is 63.8 Å². The fraction of sp³-hybridized carbons (Fsp3) is 0.238. The van der Waals surface area contributed by atoms with Crippen LogP contribution in [0.2, 0.25) is 5.02 Å². The molecule has 1 aromatic heterocycles. The number of amides is 1. The third-order valence-electron chi connectivity index (χ3n) is 4.60. The van der Waals surface area contributed by atoms with Crippen molar-refractivity contribution in [2.24, 2.45) is 4.99 Å². The van der Waals surface area contributed by atoms with Crippen LogP contribution < -0.4 is 10.9 Å². The predicted molar refractivity (Wildman–Crippen MR) is 112 cm³/mol. The number of nitrogens with zero attached hydrogens (tertiary/aromatic N) is 1. The second-order valence-corrected chi connectivity index (χ2v) is 8.05. The molecule has 2 heterocycles. The van der Waals surface area contributed by atoms with Gasteiger partial charge in [0, 0.05) is 28.0 Å². The first-order valence-electron chi connectivity index (χ1n) is 9.12. The standard InChI is InChI=1S/C21H17BrClFN2O3/c22-13-3-6-19-12(8-13)9-16(20(27)25-11-15-2-1-7-28-15)21(29-19)26-18-10-14(23)4-5-17(18)24/h3-6,8-10,15H,1-2,7,11H2,(H,25,27). The largest absolute Gasteiger partial charge is 0.438 e. The van der Waals surface area contributed by atoms with Crippen LogP contribution in [0.4, 0.5) is 10.1 Å². The lowest BCUT2D eigenvalue weighted by atomic mass is 10.1. The van der Waals surface area contributed by atoms with Crippen LogP contribution in [0, 0.1) is 5.82 Å². The molecule has 1 atom stereocenters. The Balaban J connectivity index is 1.79. The van der Waals surface area contributed by atoms with Crippen molar-refractivity contribution >= 4 is 50.1 Å². The predicted octanol–water partition coefficient (Wildman–Crippen LogP) is 5.13. The Kier molecular flexibility index (Phi) is 5.99. The van der Waals surface area contributed by atoms with Gasteiger partial charge in [-0.15, -0.1) is 0 Å². The normalized spacial score (nSPS) is 17.1. The number of carbonyl (C=O) groups is 1. The number of hydrogen-bond acceptors (Lipinski definition) is 4. The highest BCUT2D eigenvalue weighted by Crippen LogP contribution is 2.23. The molecule has 8 heteroatoms. The van der Waals surface area contributed by atoms with Crippen molar-refractivity contribution in [3.63, 3.8) is 0 Å². The number of halogens is 3. The second kappa shape index (κ2) is 8.65. The summed E-state index contributed by atoms with van der Waals surface area (Å²) in [4.78, 5) is 17.1. The first-order chi connectivity index (χ1) is 14.0. The van der Waals surface area contributed by atoms with Gasteiger partial charge in [-0.25, -0.2) is 9.38 Å². The van der Waals surface area contributed by atoms with E-state index >= 15 is 0 Å². The van der Waals surface area contributed by atoms with Gasteiger partial charge in [-0.2, -0.15) is 0 Å². The van der Waals surface area contributed by atoms with Crippen LogP contribution in [0.5, 0.6) is 0 Å². The van der Waals surface area contributed by atoms with Crippen LogP contribution >= 0.6 is 27.5 Å². The van der Waals surface area contributed by atoms with Crippen molar-refractivity contribution in [3.8, 4) is 0 Å². The zero-order valence-corrected chi connectivity index (χ0v) is 17.6. The van der Waals surface area contributed by atoms with Gasteiger partial charge in [-0.3, -0.25) is 4.79 Å². The number of hydrogen-bond donors (Lipinski definition) is 1. The number of rotatable bonds is 4. The summed E-state index contributed by atoms with van der Waals surface area (Å²) in [5.41, 5.74) is 0.717. The van der Waals surface area contributed by atoms with Crippen LogP contribution in [-0.2, 0) is 4.74 Å².